The van der Waals surface area contributed by atoms with E-state index in [1.165, 1.54) is 52.1 Å². The van der Waals surface area contributed by atoms with E-state index < -0.39 is 29.4 Å². The number of carbonyl (C=O) groups excluding carboxylic acids is 2. The first-order chi connectivity index (χ1) is 31.4. The molecule has 2 aromatic carbocycles. The number of rotatable bonds is 28. The van der Waals surface area contributed by atoms with Crippen LogP contribution in [0.3, 0.4) is 0 Å². The van der Waals surface area contributed by atoms with Crippen molar-refractivity contribution in [3.8, 4) is 23.0 Å². The number of unbranched alkanes of at least 4 members (excludes halogenated alkanes) is 11. The molecule has 2 N–H and O–H groups in total. The van der Waals surface area contributed by atoms with Crippen LogP contribution in [0.25, 0.3) is 0 Å². The predicted octanol–water partition coefficient (Wildman–Crippen LogP) is 11.7. The number of aliphatic hydroxyl groups excluding tert-OH is 2. The first-order valence-corrected chi connectivity index (χ1v) is 24.4. The van der Waals surface area contributed by atoms with E-state index in [1.54, 1.807) is 36.2 Å². The molecule has 0 spiro atoms. The number of fused-ring (bicyclic) bond motifs is 2. The first-order valence-electron chi connectivity index (χ1n) is 24.4. The Morgan fingerprint density at radius 3 is 2.23 bits per heavy atom. The number of allylic oxidation sites excluding steroid dienone is 1. The lowest BCUT2D eigenvalue weighted by atomic mass is 9.55. The van der Waals surface area contributed by atoms with Gasteiger partial charge in [-0.1, -0.05) is 94.9 Å². The van der Waals surface area contributed by atoms with Gasteiger partial charge in [-0.05, 0) is 107 Å². The van der Waals surface area contributed by atoms with E-state index in [-0.39, 0.29) is 44.0 Å². The minimum atomic E-state index is -1.40. The van der Waals surface area contributed by atoms with E-state index in [4.69, 9.17) is 33.7 Å². The molecule has 12 nitrogen and oxygen atoms in total. The Morgan fingerprint density at radius 2 is 1.58 bits per heavy atom. The van der Waals surface area contributed by atoms with Crippen molar-refractivity contribution in [2.24, 2.45) is 22.9 Å². The Bertz CT molecular complexity index is 1890. The van der Waals surface area contributed by atoms with Gasteiger partial charge >= 0.3 is 6.09 Å². The number of hydrogen-bond donors (Lipinski definition) is 2. The molecule has 6 unspecified atom stereocenters. The van der Waals surface area contributed by atoms with Gasteiger partial charge in [0.15, 0.2) is 6.29 Å². The van der Waals surface area contributed by atoms with Crippen LogP contribution < -0.4 is 14.2 Å². The molecule has 2 aromatic rings. The number of nitrogens with zero attached hydrogens (tertiary/aromatic N) is 2. The highest BCUT2D eigenvalue weighted by molar-refractivity contribution is 6.03. The molecule has 0 radical (unpaired) electrons. The fraction of sp³-hybridized carbons (Fsp3) is 0.642. The van der Waals surface area contributed by atoms with Crippen LogP contribution in [-0.4, -0.2) is 91.2 Å². The molecule has 0 bridgehead atoms. The fourth-order valence-electron chi connectivity index (χ4n) is 9.97. The molecule has 1 saturated carbocycles. The number of oxime groups is 1. The molecule has 65 heavy (non-hydrogen) atoms. The number of amides is 1. The average molecular weight is 903 g/mol. The summed E-state index contributed by atoms with van der Waals surface area (Å²) in [5.41, 5.74) is 2.36. The predicted molar refractivity (Wildman–Crippen MR) is 255 cm³/mol. The number of carbonyl (C=O) groups is 2. The van der Waals surface area contributed by atoms with Gasteiger partial charge in [0.2, 0.25) is 5.79 Å². The molecule has 1 amide bonds. The standard InChI is InChI=1S/C53H78N2O10/c1-8-10-11-12-13-14-15-16-17-22-32-61-51(59)55(6)48-36-45(54-65-52(3,4)5)43-34-38(23-18-20-29-56)42(24-19-21-30-57)49-44-35-41(63-40-25-27-46(60-7)39(33-40)37-58)26-28-47(44)64-53(48,50(43)49)62-31-9-2/h9,25-28,33-35,37-38,42,48-50,56-57H,2,8,10-24,29-32,36H2,1,3-7H3. The van der Waals surface area contributed by atoms with Crippen molar-refractivity contribution in [2.75, 3.05) is 40.6 Å². The Morgan fingerprint density at radius 1 is 0.923 bits per heavy atom. The van der Waals surface area contributed by atoms with E-state index in [2.05, 4.69) is 19.6 Å². The number of hydrogen-bond acceptors (Lipinski definition) is 11. The molecule has 1 aliphatic heterocycles. The second-order valence-corrected chi connectivity index (χ2v) is 19.0. The van der Waals surface area contributed by atoms with Crippen LogP contribution in [-0.2, 0) is 14.3 Å². The van der Waals surface area contributed by atoms with E-state index in [9.17, 15) is 19.8 Å². The lowest BCUT2D eigenvalue weighted by Gasteiger charge is -2.59. The topological polar surface area (TPSA) is 146 Å². The highest BCUT2D eigenvalue weighted by Gasteiger charge is 2.65. The molecule has 6 atom stereocenters. The summed E-state index contributed by atoms with van der Waals surface area (Å²) in [6, 6.07) is 10.2. The maximum Gasteiger partial charge on any atom is 0.409 e. The molecular weight excluding hydrogens is 825 g/mol. The van der Waals surface area contributed by atoms with E-state index >= 15 is 0 Å². The van der Waals surface area contributed by atoms with Crippen molar-refractivity contribution in [1.82, 2.24) is 4.90 Å². The van der Waals surface area contributed by atoms with Crippen molar-refractivity contribution < 1.29 is 48.3 Å². The third-order valence-corrected chi connectivity index (χ3v) is 13.1. The second kappa shape index (κ2) is 25.5. The summed E-state index contributed by atoms with van der Waals surface area (Å²) < 4.78 is 32.2. The van der Waals surface area contributed by atoms with Crippen molar-refractivity contribution in [3.05, 3.63) is 71.8 Å². The van der Waals surface area contributed by atoms with Gasteiger partial charge in [0.05, 0.1) is 37.5 Å². The number of likely N-dealkylation sites (N-methyl/N-ethyl adjacent to an activating group) is 1. The average Bonchev–Trinajstić information content (AvgIpc) is 3.29. The van der Waals surface area contributed by atoms with Crippen molar-refractivity contribution in [1.29, 1.82) is 0 Å². The number of ether oxygens (including phenoxy) is 5. The zero-order valence-corrected chi connectivity index (χ0v) is 40.2. The molecule has 5 rings (SSSR count). The molecule has 360 valence electrons. The second-order valence-electron chi connectivity index (χ2n) is 19.0. The largest absolute Gasteiger partial charge is 0.496 e. The van der Waals surface area contributed by atoms with Crippen molar-refractivity contribution in [2.45, 2.75) is 160 Å². The van der Waals surface area contributed by atoms with Gasteiger partial charge in [-0.3, -0.25) is 4.79 Å². The molecule has 1 heterocycles. The van der Waals surface area contributed by atoms with Crippen LogP contribution in [0.4, 0.5) is 4.79 Å². The minimum absolute atomic E-state index is 0.0402. The molecule has 12 heteroatoms. The fourth-order valence-corrected chi connectivity index (χ4v) is 9.97. The summed E-state index contributed by atoms with van der Waals surface area (Å²) in [5, 5.41) is 24.8. The lowest BCUT2D eigenvalue weighted by molar-refractivity contribution is -0.253. The normalized spacial score (nSPS) is 22.8. The Balaban J connectivity index is 1.57. The van der Waals surface area contributed by atoms with Crippen LogP contribution >= 0.6 is 0 Å². The molecule has 0 saturated heterocycles. The highest BCUT2D eigenvalue weighted by Crippen LogP contribution is 2.62. The van der Waals surface area contributed by atoms with Gasteiger partial charge < -0.3 is 43.6 Å². The molecular formula is C53H78N2O10. The highest BCUT2D eigenvalue weighted by atomic mass is 16.7. The first kappa shape index (κ1) is 51.6. The SMILES string of the molecule is C=CCOC12Oc3ccc(Oc4ccc(OC)c(C=O)c4)cc3C3C(CCCCO)C(CCCCO)C=C(C(=NOC(C)(C)C)CC1N(C)C(=O)OCCCCCCCCCCCC)C32. The summed E-state index contributed by atoms with van der Waals surface area (Å²) in [5.74, 6) is 0.102. The third-order valence-electron chi connectivity index (χ3n) is 13.1. The Kier molecular flexibility index (Phi) is 20.2. The van der Waals surface area contributed by atoms with Gasteiger partial charge in [-0.15, -0.1) is 6.58 Å². The van der Waals surface area contributed by atoms with Gasteiger partial charge in [-0.25, -0.2) is 4.79 Å². The summed E-state index contributed by atoms with van der Waals surface area (Å²) in [7, 11) is 3.28. The summed E-state index contributed by atoms with van der Waals surface area (Å²) in [4.78, 5) is 34.0. The number of benzene rings is 2. The summed E-state index contributed by atoms with van der Waals surface area (Å²) in [6.45, 7) is 12.8. The lowest BCUT2D eigenvalue weighted by Crippen LogP contribution is -2.69. The molecule has 3 aliphatic rings. The van der Waals surface area contributed by atoms with Gasteiger partial charge in [0.1, 0.15) is 34.6 Å². The number of methoxy groups -OCH3 is 1. The molecule has 1 fully saturated rings. The number of aldehydes is 1. The molecule has 2 aliphatic carbocycles. The van der Waals surface area contributed by atoms with Crippen molar-refractivity contribution >= 4 is 18.1 Å². The van der Waals surface area contributed by atoms with Gasteiger partial charge in [0.25, 0.3) is 0 Å². The van der Waals surface area contributed by atoms with Crippen molar-refractivity contribution in [3.63, 3.8) is 0 Å². The zero-order chi connectivity index (χ0) is 46.8. The Labute approximate surface area is 388 Å². The summed E-state index contributed by atoms with van der Waals surface area (Å²) in [6.07, 6.45) is 21.0. The minimum Gasteiger partial charge on any atom is -0.496 e. The molecule has 0 aromatic heterocycles. The van der Waals surface area contributed by atoms with Gasteiger partial charge in [0, 0.05) is 38.2 Å². The van der Waals surface area contributed by atoms with E-state index in [0.717, 1.165) is 62.4 Å². The van der Waals surface area contributed by atoms with Crippen LogP contribution in [0.1, 0.15) is 159 Å². The summed E-state index contributed by atoms with van der Waals surface area (Å²) >= 11 is 0. The van der Waals surface area contributed by atoms with Crippen LogP contribution in [0, 0.1) is 17.8 Å². The number of aliphatic hydroxyl groups is 2. The smallest absolute Gasteiger partial charge is 0.409 e. The Hall–Kier alpha value is -4.39. The maximum absolute atomic E-state index is 14.2. The van der Waals surface area contributed by atoms with Crippen LogP contribution in [0.5, 0.6) is 23.0 Å². The van der Waals surface area contributed by atoms with Crippen LogP contribution in [0.15, 0.2) is 65.9 Å². The third kappa shape index (κ3) is 13.6. The quantitative estimate of drug-likeness (QED) is 0.0366. The maximum atomic E-state index is 14.2. The zero-order valence-electron chi connectivity index (χ0n) is 40.2. The monoisotopic (exact) mass is 903 g/mol. The van der Waals surface area contributed by atoms with E-state index in [0.29, 0.717) is 53.7 Å². The van der Waals surface area contributed by atoms with Crippen LogP contribution in [0.2, 0.25) is 0 Å². The van der Waals surface area contributed by atoms with E-state index in [1.807, 2.05) is 39.0 Å². The van der Waals surface area contributed by atoms with Gasteiger partial charge in [-0.2, -0.15) is 0 Å².